The predicted octanol–water partition coefficient (Wildman–Crippen LogP) is 4.55. The first-order valence-electron chi connectivity index (χ1n) is 8.14. The van der Waals surface area contributed by atoms with Crippen LogP contribution >= 0.6 is 0 Å². The molecule has 0 spiro atoms. The van der Waals surface area contributed by atoms with Crippen molar-refractivity contribution in [2.24, 2.45) is 17.8 Å². The standard InChI is InChI=1S/C19H26O2/c1-9-7-15-16(8-10(9)2)21-19-14(6)12(4)11(3)13(5)17(19)18(15)20/h9-10,15-16H,7-8H2,1-6H3. The Bertz CT molecular complexity index is 615. The molecular weight excluding hydrogens is 260 g/mol. The van der Waals surface area contributed by atoms with Gasteiger partial charge in [-0.15, -0.1) is 0 Å². The molecule has 2 nitrogen and oxygen atoms in total. The molecule has 0 bridgehead atoms. The van der Waals surface area contributed by atoms with E-state index in [4.69, 9.17) is 4.74 Å². The Kier molecular flexibility index (Phi) is 3.38. The molecule has 0 saturated heterocycles. The number of hydrogen-bond acceptors (Lipinski definition) is 2. The molecule has 0 amide bonds. The normalized spacial score (nSPS) is 31.4. The van der Waals surface area contributed by atoms with Crippen molar-refractivity contribution in [3.63, 3.8) is 0 Å². The van der Waals surface area contributed by atoms with E-state index in [0.717, 1.165) is 35.3 Å². The smallest absolute Gasteiger partial charge is 0.173 e. The number of hydrogen-bond donors (Lipinski definition) is 0. The van der Waals surface area contributed by atoms with Crippen LogP contribution in [-0.2, 0) is 0 Å². The summed E-state index contributed by atoms with van der Waals surface area (Å²) in [6, 6.07) is 0. The lowest BCUT2D eigenvalue weighted by Gasteiger charge is -2.42. The van der Waals surface area contributed by atoms with Crippen molar-refractivity contribution >= 4 is 5.78 Å². The first kappa shape index (κ1) is 14.6. The summed E-state index contributed by atoms with van der Waals surface area (Å²) in [5.41, 5.74) is 5.61. The van der Waals surface area contributed by atoms with Gasteiger partial charge >= 0.3 is 0 Å². The quantitative estimate of drug-likeness (QED) is 0.699. The van der Waals surface area contributed by atoms with Crippen molar-refractivity contribution in [2.75, 3.05) is 0 Å². The third-order valence-electron chi connectivity index (χ3n) is 6.13. The maximum absolute atomic E-state index is 13.1. The third-order valence-corrected chi connectivity index (χ3v) is 6.13. The van der Waals surface area contributed by atoms with E-state index in [2.05, 4.69) is 41.5 Å². The minimum absolute atomic E-state index is 0.0592. The Morgan fingerprint density at radius 2 is 1.43 bits per heavy atom. The molecule has 0 aromatic heterocycles. The monoisotopic (exact) mass is 286 g/mol. The molecule has 1 aliphatic carbocycles. The average Bonchev–Trinajstić information content (AvgIpc) is 2.45. The van der Waals surface area contributed by atoms with E-state index < -0.39 is 0 Å². The highest BCUT2D eigenvalue weighted by atomic mass is 16.5. The number of fused-ring (bicyclic) bond motifs is 2. The number of benzene rings is 1. The van der Waals surface area contributed by atoms with Crippen LogP contribution in [0.4, 0.5) is 0 Å². The first-order chi connectivity index (χ1) is 9.82. The third kappa shape index (κ3) is 2.03. The second-order valence-electron chi connectivity index (χ2n) is 7.26. The molecular formula is C19H26O2. The zero-order valence-corrected chi connectivity index (χ0v) is 14.0. The number of carbonyl (C=O) groups is 1. The fourth-order valence-corrected chi connectivity index (χ4v) is 4.01. The highest BCUT2D eigenvalue weighted by Gasteiger charge is 2.44. The molecule has 1 aromatic carbocycles. The van der Waals surface area contributed by atoms with E-state index in [1.807, 2.05) is 0 Å². The number of Topliss-reactive ketones (excluding diaryl/α,β-unsaturated/α-hetero) is 1. The summed E-state index contributed by atoms with van der Waals surface area (Å²) in [5.74, 6) is 2.48. The summed E-state index contributed by atoms with van der Waals surface area (Å²) in [5, 5.41) is 0. The van der Waals surface area contributed by atoms with E-state index in [1.54, 1.807) is 0 Å². The van der Waals surface area contributed by atoms with Crippen LogP contribution in [0.1, 0.15) is 59.3 Å². The fraction of sp³-hybridized carbons (Fsp3) is 0.632. The van der Waals surface area contributed by atoms with Crippen molar-refractivity contribution < 1.29 is 9.53 Å². The van der Waals surface area contributed by atoms with E-state index in [9.17, 15) is 4.79 Å². The molecule has 3 rings (SSSR count). The van der Waals surface area contributed by atoms with Crippen molar-refractivity contribution in [1.82, 2.24) is 0 Å². The fourth-order valence-electron chi connectivity index (χ4n) is 4.01. The number of ketones is 1. The van der Waals surface area contributed by atoms with Gasteiger partial charge in [0.2, 0.25) is 0 Å². The van der Waals surface area contributed by atoms with Crippen molar-refractivity contribution in [1.29, 1.82) is 0 Å². The highest BCUT2D eigenvalue weighted by Crippen LogP contribution is 2.45. The minimum atomic E-state index is 0.0592. The van der Waals surface area contributed by atoms with Crippen LogP contribution in [0.15, 0.2) is 0 Å². The van der Waals surface area contributed by atoms with Gasteiger partial charge in [-0.2, -0.15) is 0 Å². The second kappa shape index (κ2) is 4.86. The predicted molar refractivity (Wildman–Crippen MR) is 85.2 cm³/mol. The Morgan fingerprint density at radius 3 is 2.10 bits per heavy atom. The van der Waals surface area contributed by atoms with E-state index in [-0.39, 0.29) is 12.0 Å². The topological polar surface area (TPSA) is 26.3 Å². The second-order valence-corrected chi connectivity index (χ2v) is 7.26. The van der Waals surface area contributed by atoms with Crippen LogP contribution in [0.25, 0.3) is 0 Å². The zero-order chi connectivity index (χ0) is 15.5. The van der Waals surface area contributed by atoms with Crippen molar-refractivity contribution in [3.8, 4) is 5.75 Å². The Hall–Kier alpha value is -1.31. The molecule has 1 saturated carbocycles. The Morgan fingerprint density at radius 1 is 0.857 bits per heavy atom. The van der Waals surface area contributed by atoms with Gasteiger partial charge in [0.05, 0.1) is 11.5 Å². The lowest BCUT2D eigenvalue weighted by molar-refractivity contribution is 0.0273. The molecule has 2 heteroatoms. The lowest BCUT2D eigenvalue weighted by Crippen LogP contribution is -2.45. The summed E-state index contributed by atoms with van der Waals surface area (Å²) >= 11 is 0. The van der Waals surface area contributed by atoms with E-state index in [1.165, 1.54) is 11.1 Å². The van der Waals surface area contributed by atoms with Gasteiger partial charge in [-0.3, -0.25) is 4.79 Å². The Balaban J connectivity index is 2.13. The van der Waals surface area contributed by atoms with Gasteiger partial charge in [-0.05, 0) is 74.6 Å². The first-order valence-corrected chi connectivity index (χ1v) is 8.14. The minimum Gasteiger partial charge on any atom is -0.489 e. The van der Waals surface area contributed by atoms with Gasteiger partial charge in [0, 0.05) is 0 Å². The van der Waals surface area contributed by atoms with Gasteiger partial charge < -0.3 is 4.74 Å². The van der Waals surface area contributed by atoms with Crippen LogP contribution in [0.5, 0.6) is 5.75 Å². The summed E-state index contributed by atoms with van der Waals surface area (Å²) in [7, 11) is 0. The SMILES string of the molecule is Cc1c(C)c(C)c2c(c1C)OC1CC(C)C(C)CC1C2=O. The highest BCUT2D eigenvalue weighted by molar-refractivity contribution is 6.04. The zero-order valence-electron chi connectivity index (χ0n) is 14.0. The average molecular weight is 286 g/mol. The number of ether oxygens (including phenoxy) is 1. The van der Waals surface area contributed by atoms with Gasteiger partial charge in [-0.25, -0.2) is 0 Å². The van der Waals surface area contributed by atoms with Crippen LogP contribution < -0.4 is 4.74 Å². The van der Waals surface area contributed by atoms with Crippen LogP contribution in [-0.4, -0.2) is 11.9 Å². The summed E-state index contributed by atoms with van der Waals surface area (Å²) in [6.07, 6.45) is 2.05. The van der Waals surface area contributed by atoms with Crippen molar-refractivity contribution in [2.45, 2.75) is 60.5 Å². The molecule has 0 radical (unpaired) electrons. The molecule has 114 valence electrons. The lowest BCUT2D eigenvalue weighted by atomic mass is 9.69. The molecule has 2 aliphatic rings. The van der Waals surface area contributed by atoms with Gasteiger partial charge in [0.25, 0.3) is 0 Å². The molecule has 4 atom stereocenters. The summed E-state index contributed by atoms with van der Waals surface area (Å²) in [4.78, 5) is 13.1. The maximum atomic E-state index is 13.1. The van der Waals surface area contributed by atoms with Crippen LogP contribution in [0.3, 0.4) is 0 Å². The molecule has 1 aromatic rings. The van der Waals surface area contributed by atoms with E-state index in [0.29, 0.717) is 17.6 Å². The largest absolute Gasteiger partial charge is 0.489 e. The van der Waals surface area contributed by atoms with E-state index >= 15 is 0 Å². The number of carbonyl (C=O) groups excluding carboxylic acids is 1. The Labute approximate surface area is 127 Å². The molecule has 1 fully saturated rings. The van der Waals surface area contributed by atoms with Gasteiger partial charge in [0.1, 0.15) is 11.9 Å². The number of rotatable bonds is 0. The summed E-state index contributed by atoms with van der Waals surface area (Å²) in [6.45, 7) is 12.9. The molecule has 1 aliphatic heterocycles. The van der Waals surface area contributed by atoms with Crippen molar-refractivity contribution in [3.05, 3.63) is 27.8 Å². The van der Waals surface area contributed by atoms with Gasteiger partial charge in [-0.1, -0.05) is 13.8 Å². The molecule has 1 heterocycles. The van der Waals surface area contributed by atoms with Crippen LogP contribution in [0, 0.1) is 45.4 Å². The van der Waals surface area contributed by atoms with Crippen LogP contribution in [0.2, 0.25) is 0 Å². The van der Waals surface area contributed by atoms with Gasteiger partial charge in [0.15, 0.2) is 5.78 Å². The molecule has 0 N–H and O–H groups in total. The molecule has 4 unspecified atom stereocenters. The molecule has 21 heavy (non-hydrogen) atoms. The summed E-state index contributed by atoms with van der Waals surface area (Å²) < 4.78 is 6.35. The maximum Gasteiger partial charge on any atom is 0.173 e.